The molecular weight excluding hydrogens is 501 g/mol. The third kappa shape index (κ3) is 6.15. The second-order valence-corrected chi connectivity index (χ2v) is 9.64. The van der Waals surface area contributed by atoms with Gasteiger partial charge >= 0.3 is 0 Å². The van der Waals surface area contributed by atoms with Crippen molar-refractivity contribution in [3.05, 3.63) is 100 Å². The molecule has 4 rings (SSSR count). The van der Waals surface area contributed by atoms with Crippen LogP contribution in [0.5, 0.6) is 0 Å². The van der Waals surface area contributed by atoms with Crippen LogP contribution in [-0.4, -0.2) is 31.0 Å². The Morgan fingerprint density at radius 1 is 0.909 bits per heavy atom. The zero-order valence-corrected chi connectivity index (χ0v) is 21.1. The standard InChI is InChI=1S/C22H16Cl3N3O2S.C2H6/c23-17-8-6-16(7-9-17)21-20(15-4-2-1-3-5-15)14-28(26-21)22(25)27-31(29,30)19-12-10-18(24)11-13-19;1-2/h1-13,20H,14H2;1-2H3/b27-22-;. The van der Waals surface area contributed by atoms with Gasteiger partial charge in [0.15, 0.2) is 0 Å². The van der Waals surface area contributed by atoms with E-state index in [9.17, 15) is 8.42 Å². The summed E-state index contributed by atoms with van der Waals surface area (Å²) < 4.78 is 29.1. The van der Waals surface area contributed by atoms with Crippen molar-refractivity contribution in [3.8, 4) is 0 Å². The van der Waals surface area contributed by atoms with E-state index in [0.717, 1.165) is 16.8 Å². The first-order chi connectivity index (χ1) is 15.8. The highest BCUT2D eigenvalue weighted by atomic mass is 35.5. The second-order valence-electron chi connectivity index (χ2n) is 6.83. The number of halogens is 3. The monoisotopic (exact) mass is 521 g/mol. The highest BCUT2D eigenvalue weighted by Gasteiger charge is 2.31. The summed E-state index contributed by atoms with van der Waals surface area (Å²) in [6, 6.07) is 22.8. The normalized spacial score (nSPS) is 16.2. The van der Waals surface area contributed by atoms with Crippen molar-refractivity contribution in [3.63, 3.8) is 0 Å². The molecule has 1 aliphatic rings. The summed E-state index contributed by atoms with van der Waals surface area (Å²) >= 11 is 18.2. The Labute approximate surface area is 209 Å². The molecule has 0 spiro atoms. The van der Waals surface area contributed by atoms with Crippen molar-refractivity contribution in [1.82, 2.24) is 5.01 Å². The van der Waals surface area contributed by atoms with E-state index in [1.165, 1.54) is 29.3 Å². The van der Waals surface area contributed by atoms with Gasteiger partial charge in [-0.25, -0.2) is 5.01 Å². The second kappa shape index (κ2) is 11.2. The van der Waals surface area contributed by atoms with Gasteiger partial charge in [0.1, 0.15) is 0 Å². The first kappa shape index (κ1) is 25.2. The zero-order valence-electron chi connectivity index (χ0n) is 18.0. The SMILES string of the molecule is CC.O=S(=O)(/N=C(/Cl)N1CC(c2ccccc2)C(c2ccc(Cl)cc2)=N1)c1ccc(Cl)cc1. The minimum Gasteiger partial charge on any atom is -0.236 e. The topological polar surface area (TPSA) is 62.1 Å². The summed E-state index contributed by atoms with van der Waals surface area (Å²) in [5.41, 5.74) is 2.65. The number of rotatable bonds is 4. The largest absolute Gasteiger partial charge is 0.285 e. The predicted molar refractivity (Wildman–Crippen MR) is 137 cm³/mol. The Morgan fingerprint density at radius 3 is 2.03 bits per heavy atom. The number of sulfonamides is 1. The minimum atomic E-state index is -4.01. The number of hydrogen-bond acceptors (Lipinski definition) is 3. The Bertz CT molecular complexity index is 1240. The first-order valence-corrected chi connectivity index (χ1v) is 12.8. The highest BCUT2D eigenvalue weighted by molar-refractivity contribution is 7.90. The van der Waals surface area contributed by atoms with Crippen molar-refractivity contribution >= 4 is 55.8 Å². The van der Waals surface area contributed by atoms with Gasteiger partial charge in [-0.2, -0.15) is 13.5 Å². The van der Waals surface area contributed by atoms with E-state index in [1.54, 1.807) is 12.1 Å². The lowest BCUT2D eigenvalue weighted by Gasteiger charge is -2.15. The van der Waals surface area contributed by atoms with Crippen LogP contribution in [0.15, 0.2) is 93.3 Å². The summed E-state index contributed by atoms with van der Waals surface area (Å²) in [6.45, 7) is 4.35. The summed E-state index contributed by atoms with van der Waals surface area (Å²) in [5, 5.41) is 6.80. The third-order valence-corrected chi connectivity index (χ3v) is 6.94. The molecule has 0 bridgehead atoms. The van der Waals surface area contributed by atoms with Crippen molar-refractivity contribution < 1.29 is 8.42 Å². The van der Waals surface area contributed by atoms with E-state index in [-0.39, 0.29) is 16.1 Å². The van der Waals surface area contributed by atoms with E-state index in [0.29, 0.717) is 16.6 Å². The van der Waals surface area contributed by atoms with Gasteiger partial charge in [-0.1, -0.05) is 79.5 Å². The van der Waals surface area contributed by atoms with Crippen LogP contribution in [0.1, 0.15) is 30.9 Å². The van der Waals surface area contributed by atoms with Gasteiger partial charge in [-0.05, 0) is 59.1 Å². The number of benzene rings is 3. The summed E-state index contributed by atoms with van der Waals surface area (Å²) in [4.78, 5) is -0.00393. The summed E-state index contributed by atoms with van der Waals surface area (Å²) in [7, 11) is -4.01. The quantitative estimate of drug-likeness (QED) is 0.215. The van der Waals surface area contributed by atoms with E-state index < -0.39 is 10.0 Å². The number of hydrazone groups is 1. The van der Waals surface area contributed by atoms with Crippen LogP contribution in [0.25, 0.3) is 0 Å². The Morgan fingerprint density at radius 2 is 1.45 bits per heavy atom. The fourth-order valence-electron chi connectivity index (χ4n) is 3.25. The molecule has 1 atom stereocenters. The van der Waals surface area contributed by atoms with Gasteiger partial charge < -0.3 is 0 Å². The van der Waals surface area contributed by atoms with Gasteiger partial charge in [0.05, 0.1) is 17.2 Å². The van der Waals surface area contributed by atoms with Gasteiger partial charge in [0.2, 0.25) is 5.29 Å². The Balaban J connectivity index is 0.00000149. The molecule has 33 heavy (non-hydrogen) atoms. The maximum absolute atomic E-state index is 12.6. The molecule has 3 aromatic carbocycles. The minimum absolute atomic E-state index is 0.00393. The average Bonchev–Trinajstić information content (AvgIpc) is 3.27. The highest BCUT2D eigenvalue weighted by Crippen LogP contribution is 2.30. The smallest absolute Gasteiger partial charge is 0.236 e. The van der Waals surface area contributed by atoms with Crippen molar-refractivity contribution in [2.24, 2.45) is 9.50 Å². The molecule has 0 saturated carbocycles. The molecule has 1 aliphatic heterocycles. The zero-order chi connectivity index (χ0) is 24.0. The van der Waals surface area contributed by atoms with Crippen molar-refractivity contribution in [2.75, 3.05) is 6.54 Å². The molecule has 3 aromatic rings. The van der Waals surface area contributed by atoms with Crippen LogP contribution >= 0.6 is 34.8 Å². The average molecular weight is 523 g/mol. The lowest BCUT2D eigenvalue weighted by Crippen LogP contribution is -2.23. The van der Waals surface area contributed by atoms with Crippen LogP contribution in [0.3, 0.4) is 0 Å². The molecule has 0 aromatic heterocycles. The molecule has 0 radical (unpaired) electrons. The number of amidine groups is 1. The van der Waals surface area contributed by atoms with Gasteiger partial charge in [-0.3, -0.25) is 0 Å². The van der Waals surface area contributed by atoms with E-state index in [4.69, 9.17) is 34.8 Å². The maximum Gasteiger partial charge on any atom is 0.285 e. The maximum atomic E-state index is 12.6. The van der Waals surface area contributed by atoms with Crippen molar-refractivity contribution in [2.45, 2.75) is 24.7 Å². The molecule has 172 valence electrons. The van der Waals surface area contributed by atoms with Crippen LogP contribution in [-0.2, 0) is 10.0 Å². The molecule has 5 nitrogen and oxygen atoms in total. The lowest BCUT2D eigenvalue weighted by atomic mass is 9.91. The summed E-state index contributed by atoms with van der Waals surface area (Å²) in [5.74, 6) is -0.121. The molecule has 0 saturated heterocycles. The number of nitrogens with zero attached hydrogens (tertiary/aromatic N) is 3. The Hall–Kier alpha value is -2.38. The fourth-order valence-corrected chi connectivity index (χ4v) is 4.76. The van der Waals surface area contributed by atoms with E-state index in [1.807, 2.05) is 56.3 Å². The van der Waals surface area contributed by atoms with Crippen LogP contribution in [0, 0.1) is 0 Å². The summed E-state index contributed by atoms with van der Waals surface area (Å²) in [6.07, 6.45) is 0. The molecular formula is C24H22Cl3N3O2S. The lowest BCUT2D eigenvalue weighted by molar-refractivity contribution is 0.483. The van der Waals surface area contributed by atoms with Crippen LogP contribution < -0.4 is 0 Å². The molecule has 1 unspecified atom stereocenters. The van der Waals surface area contributed by atoms with Gasteiger partial charge in [0, 0.05) is 16.0 Å². The number of hydrogen-bond donors (Lipinski definition) is 0. The first-order valence-electron chi connectivity index (χ1n) is 10.3. The predicted octanol–water partition coefficient (Wildman–Crippen LogP) is 6.81. The van der Waals surface area contributed by atoms with Gasteiger partial charge in [-0.15, -0.1) is 4.40 Å². The molecule has 0 N–H and O–H groups in total. The third-order valence-electron chi connectivity index (χ3n) is 4.78. The Kier molecular flexibility index (Phi) is 8.54. The van der Waals surface area contributed by atoms with E-state index >= 15 is 0 Å². The van der Waals surface area contributed by atoms with E-state index in [2.05, 4.69) is 9.50 Å². The molecule has 9 heteroatoms. The fraction of sp³-hybridized carbons (Fsp3) is 0.167. The van der Waals surface area contributed by atoms with Crippen LogP contribution in [0.4, 0.5) is 0 Å². The van der Waals surface area contributed by atoms with Crippen LogP contribution in [0.2, 0.25) is 10.0 Å². The van der Waals surface area contributed by atoms with Crippen molar-refractivity contribution in [1.29, 1.82) is 0 Å². The molecule has 0 aliphatic carbocycles. The molecule has 1 heterocycles. The van der Waals surface area contributed by atoms with Gasteiger partial charge in [0.25, 0.3) is 10.0 Å². The molecule has 0 amide bonds. The molecule has 0 fully saturated rings.